The van der Waals surface area contributed by atoms with Gasteiger partial charge in [-0.15, -0.1) is 0 Å². The Hall–Kier alpha value is -2.76. The zero-order chi connectivity index (χ0) is 16.8. The summed E-state index contributed by atoms with van der Waals surface area (Å²) in [5.41, 5.74) is 1.44. The Kier molecular flexibility index (Phi) is 5.41. The number of halogens is 2. The lowest BCUT2D eigenvalue weighted by Crippen LogP contribution is -2.28. The lowest BCUT2D eigenvalue weighted by molar-refractivity contribution is -0.126. The molecule has 4 nitrogen and oxygen atoms in total. The van der Waals surface area contributed by atoms with Gasteiger partial charge in [-0.3, -0.25) is 9.59 Å². The van der Waals surface area contributed by atoms with Gasteiger partial charge in [-0.1, -0.05) is 35.9 Å². The highest BCUT2D eigenvalue weighted by Gasteiger charge is 2.14. The topological polar surface area (TPSA) is 58.2 Å². The minimum Gasteiger partial charge on any atom is -0.352 e. The van der Waals surface area contributed by atoms with Gasteiger partial charge >= 0.3 is 0 Å². The fraction of sp³-hybridized carbons (Fsp3) is 0.176. The van der Waals surface area contributed by atoms with Crippen LogP contribution in [0.15, 0.2) is 42.5 Å². The van der Waals surface area contributed by atoms with Gasteiger partial charge in [-0.25, -0.2) is 8.78 Å². The van der Waals surface area contributed by atoms with E-state index in [-0.39, 0.29) is 6.54 Å². The molecule has 0 unspecified atom stereocenters. The van der Waals surface area contributed by atoms with Gasteiger partial charge in [0.2, 0.25) is 11.8 Å². The summed E-state index contributed by atoms with van der Waals surface area (Å²) in [7, 11) is 0. The van der Waals surface area contributed by atoms with E-state index in [0.717, 1.165) is 23.3 Å². The van der Waals surface area contributed by atoms with Crippen molar-refractivity contribution in [3.05, 3.63) is 65.2 Å². The second-order valence-electron chi connectivity index (χ2n) is 5.08. The monoisotopic (exact) mass is 318 g/mol. The fourth-order valence-electron chi connectivity index (χ4n) is 1.92. The summed E-state index contributed by atoms with van der Waals surface area (Å²) in [6.45, 7) is 2.23. The lowest BCUT2D eigenvalue weighted by Gasteiger charge is -2.08. The van der Waals surface area contributed by atoms with Crippen LogP contribution in [0.25, 0.3) is 0 Å². The highest BCUT2D eigenvalue weighted by molar-refractivity contribution is 6.03. The quantitative estimate of drug-likeness (QED) is 0.833. The molecule has 0 fully saturated rings. The van der Waals surface area contributed by atoms with Crippen molar-refractivity contribution in [2.45, 2.75) is 19.9 Å². The first-order valence-corrected chi connectivity index (χ1v) is 7.02. The molecule has 2 N–H and O–H groups in total. The van der Waals surface area contributed by atoms with Crippen LogP contribution in [-0.2, 0) is 16.1 Å². The average molecular weight is 318 g/mol. The van der Waals surface area contributed by atoms with E-state index in [1.54, 1.807) is 0 Å². The second-order valence-corrected chi connectivity index (χ2v) is 5.08. The summed E-state index contributed by atoms with van der Waals surface area (Å²) in [5.74, 6) is -3.09. The molecule has 0 radical (unpaired) electrons. The Morgan fingerprint density at radius 3 is 2.17 bits per heavy atom. The Bertz CT molecular complexity index is 695. The molecule has 0 aliphatic rings. The summed E-state index contributed by atoms with van der Waals surface area (Å²) < 4.78 is 26.8. The number of anilines is 1. The molecule has 2 aromatic rings. The third kappa shape index (κ3) is 4.88. The Morgan fingerprint density at radius 1 is 0.957 bits per heavy atom. The van der Waals surface area contributed by atoms with Crippen LogP contribution >= 0.6 is 0 Å². The summed E-state index contributed by atoms with van der Waals surface area (Å²) in [5, 5.41) is 4.64. The lowest BCUT2D eigenvalue weighted by atomic mass is 10.1. The number of benzene rings is 2. The minimum absolute atomic E-state index is 0.278. The van der Waals surface area contributed by atoms with Crippen LogP contribution in [0, 0.1) is 18.6 Å². The first-order chi connectivity index (χ1) is 11.0. The summed E-state index contributed by atoms with van der Waals surface area (Å²) >= 11 is 0. The van der Waals surface area contributed by atoms with E-state index < -0.39 is 35.6 Å². The maximum atomic E-state index is 13.4. The Labute approximate surface area is 132 Å². The molecular formula is C17H16F2N2O2. The summed E-state index contributed by atoms with van der Waals surface area (Å²) in [4.78, 5) is 23.4. The number of carbonyl (C=O) groups excluding carboxylic acids is 2. The van der Waals surface area contributed by atoms with Gasteiger partial charge in [0.15, 0.2) is 0 Å². The maximum absolute atomic E-state index is 13.4. The van der Waals surface area contributed by atoms with Crippen LogP contribution < -0.4 is 10.6 Å². The van der Waals surface area contributed by atoms with Crippen molar-refractivity contribution in [3.8, 4) is 0 Å². The number of para-hydroxylation sites is 1. The number of aryl methyl sites for hydroxylation is 1. The van der Waals surface area contributed by atoms with E-state index in [9.17, 15) is 18.4 Å². The van der Waals surface area contributed by atoms with Gasteiger partial charge in [-0.2, -0.15) is 0 Å². The van der Waals surface area contributed by atoms with E-state index in [4.69, 9.17) is 0 Å². The number of hydrogen-bond donors (Lipinski definition) is 2. The number of rotatable bonds is 5. The fourth-order valence-corrected chi connectivity index (χ4v) is 1.92. The van der Waals surface area contributed by atoms with Crippen molar-refractivity contribution >= 4 is 17.5 Å². The summed E-state index contributed by atoms with van der Waals surface area (Å²) in [6.07, 6.45) is -0.514. The van der Waals surface area contributed by atoms with E-state index in [1.807, 2.05) is 31.2 Å². The number of hydrogen-bond acceptors (Lipinski definition) is 2. The molecule has 0 saturated carbocycles. The van der Waals surface area contributed by atoms with Gasteiger partial charge in [0.1, 0.15) is 23.7 Å². The van der Waals surface area contributed by atoms with Crippen molar-refractivity contribution in [2.24, 2.45) is 0 Å². The molecule has 0 aliphatic carbocycles. The predicted molar refractivity (Wildman–Crippen MR) is 82.6 cm³/mol. The smallest absolute Gasteiger partial charge is 0.233 e. The largest absolute Gasteiger partial charge is 0.352 e. The molecule has 120 valence electrons. The standard InChI is InChI=1S/C17H16F2N2O2/c1-11-5-7-12(8-6-11)10-20-15(22)9-16(23)21-17-13(18)3-2-4-14(17)19/h2-8H,9-10H2,1H3,(H,20,22)(H,21,23). The van der Waals surface area contributed by atoms with Gasteiger partial charge in [0.05, 0.1) is 0 Å². The first kappa shape index (κ1) is 16.6. The van der Waals surface area contributed by atoms with E-state index in [2.05, 4.69) is 10.6 Å². The predicted octanol–water partition coefficient (Wildman–Crippen LogP) is 2.92. The van der Waals surface area contributed by atoms with E-state index >= 15 is 0 Å². The Balaban J connectivity index is 1.85. The highest BCUT2D eigenvalue weighted by Crippen LogP contribution is 2.18. The molecule has 0 bridgehead atoms. The highest BCUT2D eigenvalue weighted by atomic mass is 19.1. The van der Waals surface area contributed by atoms with Crippen molar-refractivity contribution in [1.29, 1.82) is 0 Å². The van der Waals surface area contributed by atoms with E-state index in [0.29, 0.717) is 0 Å². The molecule has 0 aliphatic heterocycles. The molecule has 2 amide bonds. The van der Waals surface area contributed by atoms with Crippen LogP contribution in [0.3, 0.4) is 0 Å². The van der Waals surface area contributed by atoms with Gasteiger partial charge in [0, 0.05) is 6.54 Å². The van der Waals surface area contributed by atoms with Gasteiger partial charge in [-0.05, 0) is 24.6 Å². The molecule has 0 saturated heterocycles. The van der Waals surface area contributed by atoms with Crippen LogP contribution in [0.2, 0.25) is 0 Å². The molecule has 0 atom stereocenters. The van der Waals surface area contributed by atoms with E-state index in [1.165, 1.54) is 6.07 Å². The molecular weight excluding hydrogens is 302 g/mol. The van der Waals surface area contributed by atoms with Crippen LogP contribution in [0.4, 0.5) is 14.5 Å². The molecule has 0 aromatic heterocycles. The SMILES string of the molecule is Cc1ccc(CNC(=O)CC(=O)Nc2c(F)cccc2F)cc1. The van der Waals surface area contributed by atoms with Crippen LogP contribution in [0.5, 0.6) is 0 Å². The summed E-state index contributed by atoms with van der Waals surface area (Å²) in [6, 6.07) is 10.8. The third-order valence-corrected chi connectivity index (χ3v) is 3.16. The third-order valence-electron chi connectivity index (χ3n) is 3.16. The van der Waals surface area contributed by atoms with Crippen LogP contribution in [0.1, 0.15) is 17.5 Å². The van der Waals surface area contributed by atoms with Gasteiger partial charge < -0.3 is 10.6 Å². The van der Waals surface area contributed by atoms with Crippen molar-refractivity contribution < 1.29 is 18.4 Å². The number of amides is 2. The normalized spacial score (nSPS) is 10.2. The molecule has 6 heteroatoms. The second kappa shape index (κ2) is 7.49. The van der Waals surface area contributed by atoms with Crippen molar-refractivity contribution in [1.82, 2.24) is 5.32 Å². The van der Waals surface area contributed by atoms with Gasteiger partial charge in [0.25, 0.3) is 0 Å². The molecule has 23 heavy (non-hydrogen) atoms. The minimum atomic E-state index is -0.890. The van der Waals surface area contributed by atoms with Crippen molar-refractivity contribution in [2.75, 3.05) is 5.32 Å². The molecule has 0 heterocycles. The number of carbonyl (C=O) groups is 2. The number of nitrogens with one attached hydrogen (secondary N) is 2. The molecule has 0 spiro atoms. The average Bonchev–Trinajstić information content (AvgIpc) is 2.50. The first-order valence-electron chi connectivity index (χ1n) is 7.02. The molecule has 2 rings (SSSR count). The van der Waals surface area contributed by atoms with Crippen molar-refractivity contribution in [3.63, 3.8) is 0 Å². The zero-order valence-corrected chi connectivity index (χ0v) is 12.5. The van der Waals surface area contributed by atoms with Crippen LogP contribution in [-0.4, -0.2) is 11.8 Å². The zero-order valence-electron chi connectivity index (χ0n) is 12.5. The maximum Gasteiger partial charge on any atom is 0.233 e. The molecule has 2 aromatic carbocycles. The Morgan fingerprint density at radius 2 is 1.57 bits per heavy atom.